The molecule has 4 rings (SSSR count). The van der Waals surface area contributed by atoms with Crippen LogP contribution < -0.4 is 5.32 Å². The van der Waals surface area contributed by atoms with E-state index < -0.39 is 0 Å². The molecule has 0 fully saturated rings. The molecule has 2 aromatic carbocycles. The molecule has 6 heteroatoms. The van der Waals surface area contributed by atoms with Gasteiger partial charge in [-0.15, -0.1) is 0 Å². The minimum atomic E-state index is -0.179. The highest BCUT2D eigenvalue weighted by molar-refractivity contribution is 5.96. The van der Waals surface area contributed by atoms with Gasteiger partial charge in [-0.2, -0.15) is 5.10 Å². The van der Waals surface area contributed by atoms with Crippen molar-refractivity contribution in [2.75, 3.05) is 5.32 Å². The van der Waals surface area contributed by atoms with Gasteiger partial charge in [-0.05, 0) is 63.1 Å². The normalized spacial score (nSPS) is 12.0. The van der Waals surface area contributed by atoms with Gasteiger partial charge in [0.25, 0.3) is 0 Å². The molecule has 0 bridgehead atoms. The number of hydrogen-bond donors (Lipinski definition) is 1. The van der Waals surface area contributed by atoms with Crippen LogP contribution in [-0.4, -0.2) is 20.7 Å². The molecule has 0 aliphatic heterocycles. The number of nitrogens with one attached hydrogen (secondary N) is 1. The molecule has 0 saturated heterocycles. The van der Waals surface area contributed by atoms with Crippen LogP contribution in [0.5, 0.6) is 0 Å². The average molecular weight is 429 g/mol. The van der Waals surface area contributed by atoms with E-state index >= 15 is 0 Å². The lowest BCUT2D eigenvalue weighted by Crippen LogP contribution is -2.20. The molecule has 2 aromatic heterocycles. The number of benzene rings is 2. The van der Waals surface area contributed by atoms with Gasteiger partial charge in [0, 0.05) is 16.9 Å². The predicted octanol–water partition coefficient (Wildman–Crippen LogP) is 5.64. The topological polar surface area (TPSA) is 73.0 Å². The molecular weight excluding hydrogens is 400 g/mol. The van der Waals surface area contributed by atoms with Gasteiger partial charge in [-0.1, -0.05) is 37.3 Å². The monoisotopic (exact) mass is 428 g/mol. The van der Waals surface area contributed by atoms with Crippen molar-refractivity contribution in [1.82, 2.24) is 14.8 Å². The molecule has 164 valence electrons. The van der Waals surface area contributed by atoms with Gasteiger partial charge in [0.05, 0.1) is 18.2 Å². The number of hydrogen-bond acceptors (Lipinski definition) is 4. The van der Waals surface area contributed by atoms with Crippen LogP contribution >= 0.6 is 0 Å². The standard InChI is InChI=1S/C26H28N4O2/c1-5-23(20-9-7-6-8-10-20)25(31)27-22-13-11-21(12-14-22)26-28-24(19(4)32-26)16-30-18(3)15-17(2)29-30/h6-15,23H,5,16H2,1-4H3,(H,27,31)/t23-/m1/s1. The van der Waals surface area contributed by atoms with Gasteiger partial charge >= 0.3 is 0 Å². The van der Waals surface area contributed by atoms with Gasteiger partial charge in [-0.25, -0.2) is 4.98 Å². The van der Waals surface area contributed by atoms with E-state index in [1.54, 1.807) is 0 Å². The van der Waals surface area contributed by atoms with E-state index in [-0.39, 0.29) is 11.8 Å². The number of oxazole rings is 1. The van der Waals surface area contributed by atoms with Crippen LogP contribution in [0, 0.1) is 20.8 Å². The van der Waals surface area contributed by atoms with Crippen molar-refractivity contribution in [2.45, 2.75) is 46.6 Å². The third-order valence-electron chi connectivity index (χ3n) is 5.62. The van der Waals surface area contributed by atoms with E-state index in [2.05, 4.69) is 15.4 Å². The second-order valence-electron chi connectivity index (χ2n) is 8.04. The van der Waals surface area contributed by atoms with Gasteiger partial charge < -0.3 is 9.73 Å². The first-order valence-corrected chi connectivity index (χ1v) is 10.9. The van der Waals surface area contributed by atoms with Crippen LogP contribution in [0.25, 0.3) is 11.5 Å². The molecule has 1 amide bonds. The highest BCUT2D eigenvalue weighted by Gasteiger charge is 2.19. The first-order chi connectivity index (χ1) is 15.4. The Morgan fingerprint density at radius 1 is 1.06 bits per heavy atom. The van der Waals surface area contributed by atoms with E-state index in [1.807, 2.05) is 93.0 Å². The Kier molecular flexibility index (Phi) is 6.21. The summed E-state index contributed by atoms with van der Waals surface area (Å²) >= 11 is 0. The molecule has 1 atom stereocenters. The van der Waals surface area contributed by atoms with Crippen LogP contribution in [0.4, 0.5) is 5.69 Å². The molecule has 0 spiro atoms. The predicted molar refractivity (Wildman–Crippen MR) is 126 cm³/mol. The fraction of sp³-hybridized carbons (Fsp3) is 0.269. The minimum Gasteiger partial charge on any atom is -0.441 e. The van der Waals surface area contributed by atoms with E-state index in [4.69, 9.17) is 4.42 Å². The average Bonchev–Trinajstić information content (AvgIpc) is 3.31. The van der Waals surface area contributed by atoms with Crippen molar-refractivity contribution in [3.63, 3.8) is 0 Å². The molecule has 0 saturated carbocycles. The largest absolute Gasteiger partial charge is 0.441 e. The van der Waals surface area contributed by atoms with Crippen molar-refractivity contribution in [1.29, 1.82) is 0 Å². The summed E-state index contributed by atoms with van der Waals surface area (Å²) in [6, 6.07) is 19.5. The fourth-order valence-electron chi connectivity index (χ4n) is 3.86. The summed E-state index contributed by atoms with van der Waals surface area (Å²) in [6.45, 7) is 8.52. The first-order valence-electron chi connectivity index (χ1n) is 10.9. The summed E-state index contributed by atoms with van der Waals surface area (Å²) in [4.78, 5) is 17.5. The lowest BCUT2D eigenvalue weighted by molar-refractivity contribution is -0.117. The van der Waals surface area contributed by atoms with Crippen LogP contribution in [-0.2, 0) is 11.3 Å². The second-order valence-corrected chi connectivity index (χ2v) is 8.04. The SMILES string of the molecule is CC[C@@H](C(=O)Nc1ccc(-c2nc(Cn3nc(C)cc3C)c(C)o2)cc1)c1ccccc1. The van der Waals surface area contributed by atoms with E-state index in [1.165, 1.54) is 0 Å². The number of amides is 1. The zero-order valence-corrected chi connectivity index (χ0v) is 18.9. The number of nitrogens with zero attached hydrogens (tertiary/aromatic N) is 3. The molecule has 1 N–H and O–H groups in total. The maximum Gasteiger partial charge on any atom is 0.231 e. The summed E-state index contributed by atoms with van der Waals surface area (Å²) in [6.07, 6.45) is 0.738. The highest BCUT2D eigenvalue weighted by Crippen LogP contribution is 2.26. The molecule has 0 unspecified atom stereocenters. The van der Waals surface area contributed by atoms with Gasteiger partial charge in [0.15, 0.2) is 0 Å². The number of aromatic nitrogens is 3. The van der Waals surface area contributed by atoms with E-state index in [9.17, 15) is 4.79 Å². The number of carbonyl (C=O) groups excluding carboxylic acids is 1. The van der Waals surface area contributed by atoms with Crippen LogP contribution in [0.2, 0.25) is 0 Å². The molecule has 32 heavy (non-hydrogen) atoms. The highest BCUT2D eigenvalue weighted by atomic mass is 16.4. The third-order valence-corrected chi connectivity index (χ3v) is 5.62. The molecule has 4 aromatic rings. The van der Waals surface area contributed by atoms with Crippen LogP contribution in [0.3, 0.4) is 0 Å². The lowest BCUT2D eigenvalue weighted by Gasteiger charge is -2.15. The Hall–Kier alpha value is -3.67. The Labute approximate surface area is 188 Å². The zero-order valence-electron chi connectivity index (χ0n) is 18.9. The van der Waals surface area contributed by atoms with E-state index in [0.29, 0.717) is 12.4 Å². The number of rotatable bonds is 7. The fourth-order valence-corrected chi connectivity index (χ4v) is 3.86. The van der Waals surface area contributed by atoms with Crippen LogP contribution in [0.15, 0.2) is 65.1 Å². The smallest absolute Gasteiger partial charge is 0.231 e. The van der Waals surface area contributed by atoms with Crippen molar-refractivity contribution in [3.05, 3.63) is 89.1 Å². The Morgan fingerprint density at radius 3 is 2.41 bits per heavy atom. The lowest BCUT2D eigenvalue weighted by atomic mass is 9.95. The molecule has 0 radical (unpaired) electrons. The van der Waals surface area contributed by atoms with Crippen molar-refractivity contribution in [2.24, 2.45) is 0 Å². The quantitative estimate of drug-likeness (QED) is 0.413. The van der Waals surface area contributed by atoms with Gasteiger partial charge in [-0.3, -0.25) is 9.48 Å². The molecule has 2 heterocycles. The van der Waals surface area contributed by atoms with E-state index in [0.717, 1.165) is 46.1 Å². The molecule has 6 nitrogen and oxygen atoms in total. The number of anilines is 1. The van der Waals surface area contributed by atoms with Crippen molar-refractivity contribution in [3.8, 4) is 11.5 Å². The second kappa shape index (κ2) is 9.22. The van der Waals surface area contributed by atoms with Crippen molar-refractivity contribution >= 4 is 11.6 Å². The summed E-state index contributed by atoms with van der Waals surface area (Å²) in [5, 5.41) is 7.53. The maximum absolute atomic E-state index is 12.8. The number of carbonyl (C=O) groups is 1. The summed E-state index contributed by atoms with van der Waals surface area (Å²) in [5.74, 6) is 1.15. The third kappa shape index (κ3) is 4.64. The van der Waals surface area contributed by atoms with Gasteiger partial charge in [0.2, 0.25) is 11.8 Å². The van der Waals surface area contributed by atoms with Gasteiger partial charge in [0.1, 0.15) is 11.5 Å². The molecule has 0 aliphatic rings. The van der Waals surface area contributed by atoms with Crippen molar-refractivity contribution < 1.29 is 9.21 Å². The summed E-state index contributed by atoms with van der Waals surface area (Å²) in [7, 11) is 0. The minimum absolute atomic E-state index is 0.00871. The molecular formula is C26H28N4O2. The van der Waals surface area contributed by atoms with Crippen LogP contribution in [0.1, 0.15) is 47.7 Å². The first kappa shape index (κ1) is 21.6. The maximum atomic E-state index is 12.8. The Morgan fingerprint density at radius 2 is 1.78 bits per heavy atom. The summed E-state index contributed by atoms with van der Waals surface area (Å²) in [5.41, 5.74) is 5.57. The Bertz CT molecular complexity index is 1210. The number of aryl methyl sites for hydroxylation is 3. The Balaban J connectivity index is 1.47. The molecule has 0 aliphatic carbocycles. The zero-order chi connectivity index (χ0) is 22.7. The summed E-state index contributed by atoms with van der Waals surface area (Å²) < 4.78 is 7.84.